The maximum atomic E-state index is 5.92. The van der Waals surface area contributed by atoms with Gasteiger partial charge in [0.15, 0.2) is 0 Å². The molecule has 0 fully saturated rings. The van der Waals surface area contributed by atoms with Crippen molar-refractivity contribution in [2.45, 2.75) is 0 Å². The van der Waals surface area contributed by atoms with E-state index in [1.165, 1.54) is 8.96 Å². The quantitative estimate of drug-likeness (QED) is 0.569. The minimum Gasteiger partial charge on any atom is -0.398 e. The van der Waals surface area contributed by atoms with Gasteiger partial charge in [0.1, 0.15) is 0 Å². The standard InChI is InChI=1S/C10H7BrIN/c11-7-4-6-2-1-3-8(12)10(6)9(13)5-7/h1-5H,13H2. The van der Waals surface area contributed by atoms with Gasteiger partial charge in [0.25, 0.3) is 0 Å². The van der Waals surface area contributed by atoms with Crippen molar-refractivity contribution in [1.82, 2.24) is 0 Å². The summed E-state index contributed by atoms with van der Waals surface area (Å²) >= 11 is 5.73. The van der Waals surface area contributed by atoms with Gasteiger partial charge in [-0.1, -0.05) is 28.1 Å². The fourth-order valence-electron chi connectivity index (χ4n) is 1.38. The highest BCUT2D eigenvalue weighted by molar-refractivity contribution is 14.1. The van der Waals surface area contributed by atoms with Crippen LogP contribution in [0, 0.1) is 3.57 Å². The first-order chi connectivity index (χ1) is 6.18. The molecule has 2 aromatic carbocycles. The van der Waals surface area contributed by atoms with E-state index < -0.39 is 0 Å². The Morgan fingerprint density at radius 3 is 2.77 bits per heavy atom. The second kappa shape index (κ2) is 3.46. The van der Waals surface area contributed by atoms with Crippen molar-refractivity contribution in [3.05, 3.63) is 38.4 Å². The highest BCUT2D eigenvalue weighted by atomic mass is 127. The van der Waals surface area contributed by atoms with Gasteiger partial charge in [0.05, 0.1) is 0 Å². The van der Waals surface area contributed by atoms with Crippen LogP contribution in [0.1, 0.15) is 0 Å². The Morgan fingerprint density at radius 2 is 2.00 bits per heavy atom. The SMILES string of the molecule is Nc1cc(Br)cc2cccc(I)c12. The Kier molecular flexibility index (Phi) is 2.47. The highest BCUT2D eigenvalue weighted by Gasteiger charge is 2.02. The molecular weight excluding hydrogens is 341 g/mol. The third kappa shape index (κ3) is 1.67. The van der Waals surface area contributed by atoms with Gasteiger partial charge in [-0.2, -0.15) is 0 Å². The Morgan fingerprint density at radius 1 is 1.23 bits per heavy atom. The molecule has 2 N–H and O–H groups in total. The van der Waals surface area contributed by atoms with Crippen LogP contribution in [-0.2, 0) is 0 Å². The van der Waals surface area contributed by atoms with Crippen LogP contribution >= 0.6 is 38.5 Å². The summed E-state index contributed by atoms with van der Waals surface area (Å²) in [5.41, 5.74) is 6.75. The zero-order valence-electron chi connectivity index (χ0n) is 6.72. The first kappa shape index (κ1) is 9.27. The monoisotopic (exact) mass is 347 g/mol. The minimum atomic E-state index is 0.828. The molecule has 0 saturated carbocycles. The maximum absolute atomic E-state index is 5.92. The molecule has 0 aliphatic carbocycles. The van der Waals surface area contributed by atoms with E-state index in [0.717, 1.165) is 15.5 Å². The molecule has 2 rings (SSSR count). The van der Waals surface area contributed by atoms with E-state index in [1.807, 2.05) is 12.1 Å². The number of fused-ring (bicyclic) bond motifs is 1. The normalized spacial score (nSPS) is 10.6. The van der Waals surface area contributed by atoms with E-state index in [-0.39, 0.29) is 0 Å². The molecule has 66 valence electrons. The first-order valence-electron chi connectivity index (χ1n) is 3.82. The van der Waals surface area contributed by atoms with Crippen molar-refractivity contribution in [3.63, 3.8) is 0 Å². The number of nitrogen functional groups attached to an aromatic ring is 1. The van der Waals surface area contributed by atoms with E-state index in [9.17, 15) is 0 Å². The Bertz CT molecular complexity index is 468. The predicted molar refractivity (Wildman–Crippen MR) is 68.8 cm³/mol. The van der Waals surface area contributed by atoms with Gasteiger partial charge < -0.3 is 5.73 Å². The highest BCUT2D eigenvalue weighted by Crippen LogP contribution is 2.29. The summed E-state index contributed by atoms with van der Waals surface area (Å²) in [4.78, 5) is 0. The lowest BCUT2D eigenvalue weighted by Gasteiger charge is -2.04. The zero-order valence-corrected chi connectivity index (χ0v) is 10.5. The zero-order chi connectivity index (χ0) is 9.42. The van der Waals surface area contributed by atoms with E-state index >= 15 is 0 Å². The molecule has 0 saturated heterocycles. The summed E-state index contributed by atoms with van der Waals surface area (Å²) in [6.07, 6.45) is 0. The Hall–Kier alpha value is -0.290. The predicted octanol–water partition coefficient (Wildman–Crippen LogP) is 3.79. The van der Waals surface area contributed by atoms with Crippen molar-refractivity contribution in [3.8, 4) is 0 Å². The fraction of sp³-hybridized carbons (Fsp3) is 0. The summed E-state index contributed by atoms with van der Waals surface area (Å²) in [5.74, 6) is 0. The van der Waals surface area contributed by atoms with E-state index in [2.05, 4.69) is 56.7 Å². The molecule has 0 aliphatic rings. The molecule has 0 amide bonds. The van der Waals surface area contributed by atoms with Crippen molar-refractivity contribution >= 4 is 55.0 Å². The van der Waals surface area contributed by atoms with Crippen molar-refractivity contribution in [1.29, 1.82) is 0 Å². The summed E-state index contributed by atoms with van der Waals surface area (Å²) < 4.78 is 2.22. The number of benzene rings is 2. The van der Waals surface area contributed by atoms with Gasteiger partial charge in [-0.25, -0.2) is 0 Å². The third-order valence-electron chi connectivity index (χ3n) is 1.92. The molecule has 0 unspecified atom stereocenters. The summed E-state index contributed by atoms with van der Waals surface area (Å²) in [6.45, 7) is 0. The molecule has 0 atom stereocenters. The number of hydrogen-bond donors (Lipinski definition) is 1. The van der Waals surface area contributed by atoms with Gasteiger partial charge in [0, 0.05) is 19.1 Å². The number of anilines is 1. The molecule has 0 bridgehead atoms. The van der Waals surface area contributed by atoms with Crippen molar-refractivity contribution in [2.75, 3.05) is 5.73 Å². The Balaban J connectivity index is 2.94. The molecule has 3 heteroatoms. The lowest BCUT2D eigenvalue weighted by molar-refractivity contribution is 1.66. The molecule has 13 heavy (non-hydrogen) atoms. The summed E-state index contributed by atoms with van der Waals surface area (Å²) in [7, 11) is 0. The van der Waals surface area contributed by atoms with Gasteiger partial charge in [-0.05, 0) is 46.2 Å². The van der Waals surface area contributed by atoms with Crippen LogP contribution in [0.15, 0.2) is 34.8 Å². The summed E-state index contributed by atoms with van der Waals surface area (Å²) in [6, 6.07) is 10.2. The molecule has 1 nitrogen and oxygen atoms in total. The maximum Gasteiger partial charge on any atom is 0.0415 e. The number of rotatable bonds is 0. The van der Waals surface area contributed by atoms with E-state index in [1.54, 1.807) is 0 Å². The van der Waals surface area contributed by atoms with Crippen LogP contribution in [0.4, 0.5) is 5.69 Å². The molecule has 0 spiro atoms. The van der Waals surface area contributed by atoms with Crippen LogP contribution in [0.3, 0.4) is 0 Å². The van der Waals surface area contributed by atoms with Gasteiger partial charge in [0.2, 0.25) is 0 Å². The second-order valence-electron chi connectivity index (χ2n) is 2.83. The topological polar surface area (TPSA) is 26.0 Å². The van der Waals surface area contributed by atoms with E-state index in [4.69, 9.17) is 5.73 Å². The number of halogens is 2. The van der Waals surface area contributed by atoms with Crippen LogP contribution in [0.5, 0.6) is 0 Å². The van der Waals surface area contributed by atoms with Crippen LogP contribution in [-0.4, -0.2) is 0 Å². The molecular formula is C10H7BrIN. The lowest BCUT2D eigenvalue weighted by atomic mass is 10.1. The first-order valence-corrected chi connectivity index (χ1v) is 5.69. The van der Waals surface area contributed by atoms with E-state index in [0.29, 0.717) is 0 Å². The fourth-order valence-corrected chi connectivity index (χ4v) is 2.70. The number of nitrogens with two attached hydrogens (primary N) is 1. The molecule has 2 aromatic rings. The van der Waals surface area contributed by atoms with Gasteiger partial charge >= 0.3 is 0 Å². The minimum absolute atomic E-state index is 0.828. The second-order valence-corrected chi connectivity index (χ2v) is 4.91. The summed E-state index contributed by atoms with van der Waals surface area (Å²) in [5, 5.41) is 2.32. The number of hydrogen-bond acceptors (Lipinski definition) is 1. The van der Waals surface area contributed by atoms with Gasteiger partial charge in [-0.3, -0.25) is 0 Å². The molecule has 0 radical (unpaired) electrons. The molecule has 0 aliphatic heterocycles. The lowest BCUT2D eigenvalue weighted by Crippen LogP contribution is -1.89. The third-order valence-corrected chi connectivity index (χ3v) is 3.28. The van der Waals surface area contributed by atoms with Crippen molar-refractivity contribution < 1.29 is 0 Å². The van der Waals surface area contributed by atoms with Crippen LogP contribution < -0.4 is 5.73 Å². The van der Waals surface area contributed by atoms with Crippen LogP contribution in [0.2, 0.25) is 0 Å². The smallest absolute Gasteiger partial charge is 0.0415 e. The Labute approximate surface area is 98.6 Å². The van der Waals surface area contributed by atoms with Gasteiger partial charge in [-0.15, -0.1) is 0 Å². The molecule has 0 aromatic heterocycles. The largest absolute Gasteiger partial charge is 0.398 e. The van der Waals surface area contributed by atoms with Crippen LogP contribution in [0.25, 0.3) is 10.8 Å². The average molecular weight is 348 g/mol. The van der Waals surface area contributed by atoms with Crippen molar-refractivity contribution in [2.24, 2.45) is 0 Å². The average Bonchev–Trinajstić information content (AvgIpc) is 2.02. The molecule has 0 heterocycles.